The Labute approximate surface area is 86.8 Å². The van der Waals surface area contributed by atoms with Gasteiger partial charge in [0.25, 0.3) is 5.85 Å². The Balaban J connectivity index is 2.84. The van der Waals surface area contributed by atoms with Crippen molar-refractivity contribution in [3.05, 3.63) is 29.8 Å². The number of ether oxygens (including phenoxy) is 1. The van der Waals surface area contributed by atoms with Crippen LogP contribution in [0, 0.1) is 0 Å². The molecule has 1 aromatic carbocycles. The topological polar surface area (TPSA) is 26.3 Å². The molecule has 0 unspecified atom stereocenters. The van der Waals surface area contributed by atoms with Crippen molar-refractivity contribution in [2.45, 2.75) is 6.16 Å². The number of hydrogen-bond acceptors (Lipinski definition) is 2. The van der Waals surface area contributed by atoms with Gasteiger partial charge in [0.05, 0.1) is 13.3 Å². The minimum Gasteiger partial charge on any atom is -0.497 e. The summed E-state index contributed by atoms with van der Waals surface area (Å²) >= 11 is 10.9. The van der Waals surface area contributed by atoms with Crippen LogP contribution in [-0.2, 0) is 10.7 Å². The van der Waals surface area contributed by atoms with Crippen molar-refractivity contribution < 1.29 is 9.30 Å². The summed E-state index contributed by atoms with van der Waals surface area (Å²) in [5.41, 5.74) is 0.813. The van der Waals surface area contributed by atoms with E-state index in [1.54, 1.807) is 31.4 Å². The molecule has 5 heteroatoms. The van der Waals surface area contributed by atoms with Crippen LogP contribution in [0.1, 0.15) is 5.56 Å². The lowest BCUT2D eigenvalue weighted by Crippen LogP contribution is -1.85. The van der Waals surface area contributed by atoms with Crippen molar-refractivity contribution in [3.63, 3.8) is 0 Å². The Hall–Kier alpha value is -0.170. The predicted molar refractivity (Wildman–Crippen MR) is 56.0 cm³/mol. The van der Waals surface area contributed by atoms with Crippen LogP contribution in [-0.4, -0.2) is 7.11 Å². The van der Waals surface area contributed by atoms with E-state index in [2.05, 4.69) is 0 Å². The summed E-state index contributed by atoms with van der Waals surface area (Å²) in [5.74, 6) is -2.32. The molecule has 0 saturated carbocycles. The molecule has 0 radical (unpaired) electrons. The lowest BCUT2D eigenvalue weighted by Gasteiger charge is -2.04. The molecule has 0 aliphatic rings. The van der Waals surface area contributed by atoms with Crippen molar-refractivity contribution >= 4 is 28.3 Å². The molecule has 0 saturated heterocycles. The average Bonchev–Trinajstić information content (AvgIpc) is 2.01. The molecular weight excluding hydrogens is 230 g/mol. The van der Waals surface area contributed by atoms with Gasteiger partial charge in [-0.2, -0.15) is 0 Å². The van der Waals surface area contributed by atoms with E-state index in [9.17, 15) is 4.57 Å². The van der Waals surface area contributed by atoms with Crippen LogP contribution >= 0.6 is 28.3 Å². The quantitative estimate of drug-likeness (QED) is 0.748. The molecule has 13 heavy (non-hydrogen) atoms. The van der Waals surface area contributed by atoms with Gasteiger partial charge in [0.2, 0.25) is 0 Å². The molecule has 2 nitrogen and oxygen atoms in total. The molecule has 0 aliphatic carbocycles. The zero-order valence-electron chi connectivity index (χ0n) is 7.04. The van der Waals surface area contributed by atoms with E-state index in [-0.39, 0.29) is 6.16 Å². The summed E-state index contributed by atoms with van der Waals surface area (Å²) in [6.45, 7) is 0. The van der Waals surface area contributed by atoms with Crippen LogP contribution in [0.5, 0.6) is 5.75 Å². The normalized spacial score (nSPS) is 11.3. The fourth-order valence-electron chi connectivity index (χ4n) is 0.983. The fourth-order valence-corrected chi connectivity index (χ4v) is 2.43. The summed E-state index contributed by atoms with van der Waals surface area (Å²) in [7, 11) is 1.57. The smallest absolute Gasteiger partial charge is 0.257 e. The van der Waals surface area contributed by atoms with Crippen molar-refractivity contribution in [3.8, 4) is 5.75 Å². The molecule has 1 rings (SSSR count). The van der Waals surface area contributed by atoms with Gasteiger partial charge in [0.1, 0.15) is 5.75 Å². The van der Waals surface area contributed by atoms with E-state index >= 15 is 0 Å². The molecule has 0 fully saturated rings. The molecule has 0 bridgehead atoms. The number of benzene rings is 1. The van der Waals surface area contributed by atoms with Crippen LogP contribution in [0.2, 0.25) is 0 Å². The highest BCUT2D eigenvalue weighted by molar-refractivity contribution is 8.08. The first-order chi connectivity index (χ1) is 6.01. The van der Waals surface area contributed by atoms with Crippen LogP contribution in [0.3, 0.4) is 0 Å². The van der Waals surface area contributed by atoms with Gasteiger partial charge in [-0.25, -0.2) is 0 Å². The first-order valence-electron chi connectivity index (χ1n) is 3.62. The second kappa shape index (κ2) is 4.36. The van der Waals surface area contributed by atoms with E-state index in [0.29, 0.717) is 5.75 Å². The van der Waals surface area contributed by atoms with Crippen molar-refractivity contribution in [1.82, 2.24) is 0 Å². The predicted octanol–water partition coefficient (Wildman–Crippen LogP) is 3.87. The van der Waals surface area contributed by atoms with Crippen LogP contribution < -0.4 is 4.74 Å². The Morgan fingerprint density at radius 2 is 2.15 bits per heavy atom. The molecule has 0 aliphatic heterocycles. The molecular formula is C8H9Cl2O2P. The van der Waals surface area contributed by atoms with Gasteiger partial charge in [-0.3, -0.25) is 4.57 Å². The molecule has 0 N–H and O–H groups in total. The van der Waals surface area contributed by atoms with Gasteiger partial charge in [-0.15, -0.1) is 0 Å². The zero-order chi connectivity index (χ0) is 9.90. The lowest BCUT2D eigenvalue weighted by atomic mass is 10.2. The first-order valence-corrected chi connectivity index (χ1v) is 7.33. The number of halogens is 2. The first kappa shape index (κ1) is 10.9. The largest absolute Gasteiger partial charge is 0.497 e. The molecule has 0 amide bonds. The van der Waals surface area contributed by atoms with Crippen molar-refractivity contribution in [2.24, 2.45) is 0 Å². The van der Waals surface area contributed by atoms with E-state index in [1.807, 2.05) is 0 Å². The van der Waals surface area contributed by atoms with Gasteiger partial charge < -0.3 is 4.74 Å². The molecule has 0 aromatic heterocycles. The molecule has 0 atom stereocenters. The van der Waals surface area contributed by atoms with Crippen LogP contribution in [0.15, 0.2) is 24.3 Å². The van der Waals surface area contributed by atoms with Crippen LogP contribution in [0.25, 0.3) is 0 Å². The minimum absolute atomic E-state index is 0.174. The summed E-state index contributed by atoms with van der Waals surface area (Å²) in [4.78, 5) is 0. The van der Waals surface area contributed by atoms with Gasteiger partial charge in [0, 0.05) is 0 Å². The Bertz CT molecular complexity index is 335. The second-order valence-corrected chi connectivity index (χ2v) is 7.83. The third-order valence-corrected chi connectivity index (χ3v) is 2.95. The Kier molecular flexibility index (Phi) is 3.66. The van der Waals surface area contributed by atoms with Gasteiger partial charge >= 0.3 is 0 Å². The Morgan fingerprint density at radius 3 is 2.69 bits per heavy atom. The fraction of sp³-hybridized carbons (Fsp3) is 0.250. The highest BCUT2D eigenvalue weighted by atomic mass is 35.9. The molecule has 0 spiro atoms. The second-order valence-electron chi connectivity index (χ2n) is 2.58. The van der Waals surface area contributed by atoms with Gasteiger partial charge in [-0.05, 0) is 40.2 Å². The summed E-state index contributed by atoms with van der Waals surface area (Å²) in [5, 5.41) is 0. The summed E-state index contributed by atoms with van der Waals surface area (Å²) in [6.07, 6.45) is 0.174. The number of methoxy groups -OCH3 is 1. The molecule has 0 heterocycles. The zero-order valence-corrected chi connectivity index (χ0v) is 9.44. The maximum atomic E-state index is 11.1. The average molecular weight is 239 g/mol. The van der Waals surface area contributed by atoms with E-state index in [1.165, 1.54) is 0 Å². The lowest BCUT2D eigenvalue weighted by molar-refractivity contribution is 0.414. The maximum Gasteiger partial charge on any atom is 0.257 e. The summed E-state index contributed by atoms with van der Waals surface area (Å²) in [6, 6.07) is 7.17. The number of hydrogen-bond donors (Lipinski definition) is 0. The Morgan fingerprint density at radius 1 is 1.46 bits per heavy atom. The van der Waals surface area contributed by atoms with Crippen molar-refractivity contribution in [2.75, 3.05) is 7.11 Å². The number of rotatable bonds is 3. The summed E-state index contributed by atoms with van der Waals surface area (Å²) < 4.78 is 16.1. The van der Waals surface area contributed by atoms with E-state index < -0.39 is 5.85 Å². The highest BCUT2D eigenvalue weighted by Crippen LogP contribution is 2.59. The monoisotopic (exact) mass is 238 g/mol. The van der Waals surface area contributed by atoms with Crippen LogP contribution in [0.4, 0.5) is 0 Å². The molecule has 1 aromatic rings. The highest BCUT2D eigenvalue weighted by Gasteiger charge is 2.14. The minimum atomic E-state index is -3.03. The molecule has 72 valence electrons. The van der Waals surface area contributed by atoms with E-state index in [4.69, 9.17) is 27.2 Å². The third-order valence-electron chi connectivity index (χ3n) is 1.50. The van der Waals surface area contributed by atoms with Gasteiger partial charge in [-0.1, -0.05) is 12.1 Å². The standard InChI is InChI=1S/C8H9Cl2O2P/c1-12-8-4-2-3-7(5-8)6-13(9,10)11/h2-5H,6H2,1H3. The maximum absolute atomic E-state index is 11.1. The third kappa shape index (κ3) is 4.04. The van der Waals surface area contributed by atoms with Gasteiger partial charge in [0.15, 0.2) is 0 Å². The van der Waals surface area contributed by atoms with Crippen molar-refractivity contribution in [1.29, 1.82) is 0 Å². The van der Waals surface area contributed by atoms with E-state index in [0.717, 1.165) is 5.56 Å². The SMILES string of the molecule is COc1cccc(CP(=O)(Cl)Cl)c1.